The van der Waals surface area contributed by atoms with E-state index in [1.165, 1.54) is 57.9 Å². The van der Waals surface area contributed by atoms with Crippen LogP contribution in [0.1, 0.15) is 72.1 Å². The largest absolute Gasteiger partial charge is 0.373 e. The van der Waals surface area contributed by atoms with Crippen molar-refractivity contribution in [3.63, 3.8) is 0 Å². The maximum absolute atomic E-state index is 5.77. The van der Waals surface area contributed by atoms with E-state index < -0.39 is 0 Å². The Morgan fingerprint density at radius 1 is 0.900 bits per heavy atom. The molecule has 2 atom stereocenters. The highest BCUT2D eigenvalue weighted by Crippen LogP contribution is 2.13. The molecule has 0 bridgehead atoms. The lowest BCUT2D eigenvalue weighted by Gasteiger charge is -2.35. The average molecular weight is 281 g/mol. The van der Waals surface area contributed by atoms with Crippen molar-refractivity contribution in [1.29, 1.82) is 0 Å². The molecule has 0 aliphatic carbocycles. The van der Waals surface area contributed by atoms with E-state index in [-0.39, 0.29) is 0 Å². The van der Waals surface area contributed by atoms with Gasteiger partial charge in [0.15, 0.2) is 0 Å². The Balaban J connectivity index is 1.87. The quantitative estimate of drug-likeness (QED) is 0.421. The van der Waals surface area contributed by atoms with E-state index in [1.807, 2.05) is 0 Å². The lowest BCUT2D eigenvalue weighted by molar-refractivity contribution is -0.0681. The minimum Gasteiger partial charge on any atom is -0.373 e. The van der Waals surface area contributed by atoms with Crippen LogP contribution >= 0.6 is 0 Å². The molecule has 1 rings (SSSR count). The van der Waals surface area contributed by atoms with Crippen LogP contribution in [0.2, 0.25) is 0 Å². The molecule has 2 unspecified atom stereocenters. The van der Waals surface area contributed by atoms with Crippen LogP contribution < -0.4 is 0 Å². The van der Waals surface area contributed by atoms with Gasteiger partial charge in [-0.1, -0.05) is 44.3 Å². The van der Waals surface area contributed by atoms with Crippen LogP contribution in [0.4, 0.5) is 0 Å². The molecule has 2 nitrogen and oxygen atoms in total. The molecular weight excluding hydrogens is 246 g/mol. The van der Waals surface area contributed by atoms with E-state index in [0.29, 0.717) is 12.2 Å². The van der Waals surface area contributed by atoms with E-state index >= 15 is 0 Å². The van der Waals surface area contributed by atoms with E-state index in [9.17, 15) is 0 Å². The van der Waals surface area contributed by atoms with Gasteiger partial charge in [0, 0.05) is 13.1 Å². The number of allylic oxidation sites excluding steroid dienone is 2. The molecule has 118 valence electrons. The fraction of sp³-hybridized carbons (Fsp3) is 0.889. The molecular formula is C18H35NO. The summed E-state index contributed by atoms with van der Waals surface area (Å²) in [6, 6.07) is 0. The van der Waals surface area contributed by atoms with Crippen LogP contribution in [0.15, 0.2) is 12.2 Å². The summed E-state index contributed by atoms with van der Waals surface area (Å²) in [6.45, 7) is 9.99. The van der Waals surface area contributed by atoms with Gasteiger partial charge >= 0.3 is 0 Å². The molecule has 0 aromatic carbocycles. The lowest BCUT2D eigenvalue weighted by Crippen LogP contribution is -2.45. The molecule has 0 radical (unpaired) electrons. The first-order valence-corrected chi connectivity index (χ1v) is 8.71. The maximum atomic E-state index is 5.77. The highest BCUT2D eigenvalue weighted by Gasteiger charge is 2.21. The third-order valence-corrected chi connectivity index (χ3v) is 4.08. The fourth-order valence-corrected chi connectivity index (χ4v) is 3.12. The minimum absolute atomic E-state index is 0.413. The molecule has 0 spiro atoms. The van der Waals surface area contributed by atoms with Crippen molar-refractivity contribution in [3.8, 4) is 0 Å². The van der Waals surface area contributed by atoms with Gasteiger partial charge in [-0.3, -0.25) is 4.90 Å². The van der Waals surface area contributed by atoms with Gasteiger partial charge < -0.3 is 4.74 Å². The van der Waals surface area contributed by atoms with Crippen molar-refractivity contribution in [1.82, 2.24) is 4.90 Å². The zero-order valence-corrected chi connectivity index (χ0v) is 13.9. The van der Waals surface area contributed by atoms with Crippen LogP contribution in [-0.4, -0.2) is 36.7 Å². The zero-order chi connectivity index (χ0) is 14.6. The van der Waals surface area contributed by atoms with Gasteiger partial charge in [0.05, 0.1) is 12.2 Å². The smallest absolute Gasteiger partial charge is 0.0678 e. The predicted molar refractivity (Wildman–Crippen MR) is 88.2 cm³/mol. The highest BCUT2D eigenvalue weighted by atomic mass is 16.5. The zero-order valence-electron chi connectivity index (χ0n) is 13.9. The summed E-state index contributed by atoms with van der Waals surface area (Å²) < 4.78 is 5.77. The molecule has 20 heavy (non-hydrogen) atoms. The summed E-state index contributed by atoms with van der Waals surface area (Å²) in [7, 11) is 0. The number of hydrogen-bond acceptors (Lipinski definition) is 2. The SMILES string of the molecule is CC=CCCCCCCCCCN1CC(C)OC(C)C1. The molecule has 1 aliphatic heterocycles. The van der Waals surface area contributed by atoms with E-state index in [2.05, 4.69) is 37.8 Å². The molecule has 0 aromatic heterocycles. The summed E-state index contributed by atoms with van der Waals surface area (Å²) >= 11 is 0. The van der Waals surface area contributed by atoms with Gasteiger partial charge in [0.1, 0.15) is 0 Å². The van der Waals surface area contributed by atoms with Gasteiger partial charge in [0.25, 0.3) is 0 Å². The summed E-state index contributed by atoms with van der Waals surface area (Å²) in [5, 5.41) is 0. The van der Waals surface area contributed by atoms with Gasteiger partial charge in [-0.25, -0.2) is 0 Å². The Morgan fingerprint density at radius 2 is 1.45 bits per heavy atom. The van der Waals surface area contributed by atoms with Gasteiger partial charge in [-0.15, -0.1) is 0 Å². The Hall–Kier alpha value is -0.340. The van der Waals surface area contributed by atoms with E-state index in [4.69, 9.17) is 4.74 Å². The Labute approximate surface area is 126 Å². The topological polar surface area (TPSA) is 12.5 Å². The predicted octanol–water partition coefficient (Wildman–Crippen LogP) is 4.79. The molecule has 0 saturated carbocycles. The Morgan fingerprint density at radius 3 is 2.05 bits per heavy atom. The van der Waals surface area contributed by atoms with Crippen molar-refractivity contribution >= 4 is 0 Å². The number of ether oxygens (including phenoxy) is 1. The minimum atomic E-state index is 0.413. The van der Waals surface area contributed by atoms with Crippen LogP contribution in [0.3, 0.4) is 0 Å². The van der Waals surface area contributed by atoms with Crippen LogP contribution in [0.5, 0.6) is 0 Å². The van der Waals surface area contributed by atoms with Crippen molar-refractivity contribution in [2.24, 2.45) is 0 Å². The van der Waals surface area contributed by atoms with Crippen molar-refractivity contribution in [2.45, 2.75) is 84.3 Å². The van der Waals surface area contributed by atoms with Crippen LogP contribution in [0, 0.1) is 0 Å². The lowest BCUT2D eigenvalue weighted by atomic mass is 10.1. The number of rotatable bonds is 10. The first-order valence-electron chi connectivity index (χ1n) is 8.71. The molecule has 0 amide bonds. The standard InChI is InChI=1S/C18H35NO/c1-4-5-6-7-8-9-10-11-12-13-14-19-15-17(2)20-18(3)16-19/h4-5,17-18H,6-16H2,1-3H3. The molecule has 0 aromatic rings. The second-order valence-electron chi connectivity index (χ2n) is 6.35. The number of hydrogen-bond donors (Lipinski definition) is 0. The third-order valence-electron chi connectivity index (χ3n) is 4.08. The number of nitrogens with zero attached hydrogens (tertiary/aromatic N) is 1. The molecule has 1 heterocycles. The van der Waals surface area contributed by atoms with Crippen LogP contribution in [0.25, 0.3) is 0 Å². The average Bonchev–Trinajstić information content (AvgIpc) is 2.40. The van der Waals surface area contributed by atoms with Crippen molar-refractivity contribution < 1.29 is 4.74 Å². The second-order valence-corrected chi connectivity index (χ2v) is 6.35. The summed E-state index contributed by atoms with van der Waals surface area (Å²) in [5.41, 5.74) is 0. The Bertz CT molecular complexity index is 242. The summed E-state index contributed by atoms with van der Waals surface area (Å²) in [4.78, 5) is 2.58. The maximum Gasteiger partial charge on any atom is 0.0678 e. The Kier molecular flexibility index (Phi) is 10.0. The fourth-order valence-electron chi connectivity index (χ4n) is 3.12. The molecule has 1 aliphatic rings. The molecule has 1 saturated heterocycles. The van der Waals surface area contributed by atoms with Gasteiger partial charge in [-0.05, 0) is 46.6 Å². The van der Waals surface area contributed by atoms with Crippen molar-refractivity contribution in [2.75, 3.05) is 19.6 Å². The molecule has 1 fully saturated rings. The monoisotopic (exact) mass is 281 g/mol. The summed E-state index contributed by atoms with van der Waals surface area (Å²) in [5.74, 6) is 0. The van der Waals surface area contributed by atoms with E-state index in [1.54, 1.807) is 0 Å². The normalized spacial score (nSPS) is 24.6. The first kappa shape index (κ1) is 17.7. The van der Waals surface area contributed by atoms with Crippen molar-refractivity contribution in [3.05, 3.63) is 12.2 Å². The highest BCUT2D eigenvalue weighted by molar-refractivity contribution is 4.76. The second kappa shape index (κ2) is 11.3. The number of unbranched alkanes of at least 4 members (excludes halogenated alkanes) is 7. The number of morpholine rings is 1. The van der Waals surface area contributed by atoms with Gasteiger partial charge in [-0.2, -0.15) is 0 Å². The third kappa shape index (κ3) is 8.76. The molecule has 0 N–H and O–H groups in total. The first-order chi connectivity index (χ1) is 9.72. The van der Waals surface area contributed by atoms with E-state index in [0.717, 1.165) is 13.1 Å². The van der Waals surface area contributed by atoms with Gasteiger partial charge in [0.2, 0.25) is 0 Å². The van der Waals surface area contributed by atoms with Crippen LogP contribution in [-0.2, 0) is 4.74 Å². The molecule has 2 heteroatoms. The summed E-state index contributed by atoms with van der Waals surface area (Å²) in [6.07, 6.45) is 16.3.